The third kappa shape index (κ3) is 3.83. The van der Waals surface area contributed by atoms with Crippen molar-refractivity contribution in [1.29, 1.82) is 0 Å². The van der Waals surface area contributed by atoms with Crippen LogP contribution in [-0.4, -0.2) is 17.7 Å². The van der Waals surface area contributed by atoms with Crippen molar-refractivity contribution in [2.24, 2.45) is 0 Å². The lowest BCUT2D eigenvalue weighted by molar-refractivity contribution is 0.0707. The van der Waals surface area contributed by atoms with Crippen molar-refractivity contribution in [3.05, 3.63) is 142 Å². The monoisotopic (exact) mass is 470 g/mol. The summed E-state index contributed by atoms with van der Waals surface area (Å²) in [5.74, 6) is -0.382. The summed E-state index contributed by atoms with van der Waals surface area (Å²) in [6, 6.07) is 28.9. The first-order chi connectivity index (χ1) is 17.6. The zero-order valence-corrected chi connectivity index (χ0v) is 18.9. The molecule has 5 nitrogen and oxygen atoms in total. The summed E-state index contributed by atoms with van der Waals surface area (Å²) in [5, 5.41) is 0. The zero-order chi connectivity index (χ0) is 24.6. The molecule has 0 aromatic heterocycles. The number of carbonyl (C=O) groups excluding carboxylic acids is 3. The van der Waals surface area contributed by atoms with Crippen molar-refractivity contribution in [2.75, 3.05) is 0 Å². The van der Waals surface area contributed by atoms with Crippen molar-refractivity contribution >= 4 is 41.4 Å². The van der Waals surface area contributed by atoms with Gasteiger partial charge in [-0.15, -0.1) is 0 Å². The van der Waals surface area contributed by atoms with Crippen LogP contribution in [0.3, 0.4) is 0 Å². The Morgan fingerprint density at radius 3 is 1.58 bits per heavy atom. The minimum Gasteiger partial charge on any atom is -0.422 e. The highest BCUT2D eigenvalue weighted by Gasteiger charge is 2.30. The summed E-state index contributed by atoms with van der Waals surface area (Å²) < 4.78 is 10.9. The Labute approximate surface area is 206 Å². The molecule has 0 fully saturated rings. The number of esters is 2. The molecule has 0 saturated heterocycles. The van der Waals surface area contributed by atoms with E-state index in [2.05, 4.69) is 0 Å². The maximum Gasteiger partial charge on any atom is 0.344 e. The van der Waals surface area contributed by atoms with Crippen molar-refractivity contribution in [3.8, 4) is 0 Å². The molecule has 0 spiro atoms. The predicted octanol–water partition coefficient (Wildman–Crippen LogP) is 6.25. The van der Waals surface area contributed by atoms with Crippen molar-refractivity contribution in [1.82, 2.24) is 0 Å². The van der Waals surface area contributed by atoms with Gasteiger partial charge in [0, 0.05) is 22.3 Å². The Kier molecular flexibility index (Phi) is 5.16. The minimum absolute atomic E-state index is 0.271. The van der Waals surface area contributed by atoms with Gasteiger partial charge in [0.25, 0.3) is 0 Å². The summed E-state index contributed by atoms with van der Waals surface area (Å²) in [4.78, 5) is 38.2. The summed E-state index contributed by atoms with van der Waals surface area (Å²) in [7, 11) is 0. The third-order valence-electron chi connectivity index (χ3n) is 6.13. The van der Waals surface area contributed by atoms with Gasteiger partial charge >= 0.3 is 11.9 Å². The number of carbonyl (C=O) groups is 3. The Bertz CT molecular complexity index is 1610. The predicted molar refractivity (Wildman–Crippen MR) is 136 cm³/mol. The molecule has 0 N–H and O–H groups in total. The zero-order valence-electron chi connectivity index (χ0n) is 18.9. The summed E-state index contributed by atoms with van der Waals surface area (Å²) in [5.41, 5.74) is 4.46. The molecule has 36 heavy (non-hydrogen) atoms. The van der Waals surface area contributed by atoms with Crippen LogP contribution in [0.25, 0.3) is 23.7 Å². The molecule has 2 heterocycles. The van der Waals surface area contributed by atoms with Crippen LogP contribution in [0.2, 0.25) is 0 Å². The number of hydrogen-bond acceptors (Lipinski definition) is 5. The van der Waals surface area contributed by atoms with E-state index in [9.17, 15) is 14.4 Å². The van der Waals surface area contributed by atoms with Gasteiger partial charge in [-0.3, -0.25) is 4.79 Å². The summed E-state index contributed by atoms with van der Waals surface area (Å²) >= 11 is 0. The molecule has 0 aliphatic carbocycles. The molecule has 2 aliphatic rings. The van der Waals surface area contributed by atoms with Gasteiger partial charge in [0.15, 0.2) is 5.78 Å². The van der Waals surface area contributed by atoms with Crippen LogP contribution in [0, 0.1) is 0 Å². The van der Waals surface area contributed by atoms with Gasteiger partial charge in [-0.2, -0.15) is 0 Å². The number of ether oxygens (including phenoxy) is 2. The van der Waals surface area contributed by atoms with E-state index < -0.39 is 11.9 Å². The van der Waals surface area contributed by atoms with Crippen molar-refractivity contribution < 1.29 is 23.9 Å². The second-order valence-electron chi connectivity index (χ2n) is 8.47. The van der Waals surface area contributed by atoms with Gasteiger partial charge in [-0.1, -0.05) is 72.8 Å². The van der Waals surface area contributed by atoms with E-state index in [-0.39, 0.29) is 5.78 Å². The van der Waals surface area contributed by atoms with E-state index in [0.717, 1.165) is 11.1 Å². The molecule has 5 heteroatoms. The van der Waals surface area contributed by atoms with Crippen LogP contribution in [-0.2, 0) is 9.47 Å². The molecule has 0 unspecified atom stereocenters. The number of fused-ring (bicyclic) bond motifs is 2. The number of rotatable bonds is 4. The van der Waals surface area contributed by atoms with Crippen molar-refractivity contribution in [2.45, 2.75) is 0 Å². The molecule has 0 atom stereocenters. The molecule has 6 rings (SSSR count). The van der Waals surface area contributed by atoms with E-state index in [1.807, 2.05) is 60.7 Å². The number of ketones is 1. The van der Waals surface area contributed by atoms with Gasteiger partial charge in [0.05, 0.1) is 11.1 Å². The molecule has 4 aromatic rings. The first-order valence-electron chi connectivity index (χ1n) is 11.4. The highest BCUT2D eigenvalue weighted by Crippen LogP contribution is 2.34. The first-order valence-corrected chi connectivity index (χ1v) is 11.4. The lowest BCUT2D eigenvalue weighted by Crippen LogP contribution is -2.05. The minimum atomic E-state index is -0.497. The fraction of sp³-hybridized carbons (Fsp3) is 0. The van der Waals surface area contributed by atoms with Gasteiger partial charge in [0.2, 0.25) is 0 Å². The van der Waals surface area contributed by atoms with Gasteiger partial charge in [0.1, 0.15) is 11.5 Å². The van der Waals surface area contributed by atoms with Crippen LogP contribution in [0.5, 0.6) is 0 Å². The van der Waals surface area contributed by atoms with Crippen LogP contribution >= 0.6 is 0 Å². The molecule has 2 aliphatic heterocycles. The van der Waals surface area contributed by atoms with E-state index in [0.29, 0.717) is 44.9 Å². The summed E-state index contributed by atoms with van der Waals surface area (Å²) in [6.45, 7) is 0. The first kappa shape index (κ1) is 21.5. The Hall–Kier alpha value is -5.03. The lowest BCUT2D eigenvalue weighted by atomic mass is 9.95. The third-order valence-corrected chi connectivity index (χ3v) is 6.13. The molecule has 0 radical (unpaired) electrons. The van der Waals surface area contributed by atoms with Crippen LogP contribution in [0.15, 0.2) is 97.1 Å². The van der Waals surface area contributed by atoms with Gasteiger partial charge in [-0.05, 0) is 47.5 Å². The van der Waals surface area contributed by atoms with Crippen LogP contribution in [0.1, 0.15) is 58.9 Å². The highest BCUT2D eigenvalue weighted by atomic mass is 16.5. The molecule has 0 saturated carbocycles. The maximum absolute atomic E-state index is 13.4. The molecular weight excluding hydrogens is 452 g/mol. The molecule has 172 valence electrons. The van der Waals surface area contributed by atoms with E-state index >= 15 is 0 Å². The number of hydrogen-bond donors (Lipinski definition) is 0. The van der Waals surface area contributed by atoms with E-state index in [4.69, 9.17) is 9.47 Å². The SMILES string of the molecule is O=C(c1ccc2c(c1)C(=O)O/C2=C\c1ccccc1)c1ccc2c(c1)/C(=C\c1ccccc1)OC2=O. The fourth-order valence-electron chi connectivity index (χ4n) is 4.34. The maximum atomic E-state index is 13.4. The average Bonchev–Trinajstić information content (AvgIpc) is 3.39. The average molecular weight is 470 g/mol. The second kappa shape index (κ2) is 8.64. The normalized spacial score (nSPS) is 16.0. The van der Waals surface area contributed by atoms with E-state index in [1.165, 1.54) is 0 Å². The number of benzene rings is 4. The standard InChI is InChI=1S/C31H18O5/c32-29(21-12-14-24-25(17-21)28(36-30(24)33)16-20-9-5-2-6-10-20)22-11-13-23-26(18-22)31(34)35-27(23)15-19-7-3-1-4-8-19/h1-18H/b27-15-,28-16+. The Morgan fingerprint density at radius 1 is 0.528 bits per heavy atom. The highest BCUT2D eigenvalue weighted by molar-refractivity contribution is 6.14. The fourth-order valence-corrected chi connectivity index (χ4v) is 4.34. The molecule has 4 aromatic carbocycles. The smallest absolute Gasteiger partial charge is 0.344 e. The number of cyclic esters (lactones) is 2. The quantitative estimate of drug-likeness (QED) is 0.260. The molecule has 0 bridgehead atoms. The largest absolute Gasteiger partial charge is 0.422 e. The summed E-state index contributed by atoms with van der Waals surface area (Å²) in [6.07, 6.45) is 3.56. The molecule has 0 amide bonds. The van der Waals surface area contributed by atoms with Crippen LogP contribution in [0.4, 0.5) is 0 Å². The lowest BCUT2D eigenvalue weighted by Gasteiger charge is -2.05. The second-order valence-corrected chi connectivity index (χ2v) is 8.47. The Morgan fingerprint density at radius 2 is 1.00 bits per heavy atom. The van der Waals surface area contributed by atoms with Crippen molar-refractivity contribution in [3.63, 3.8) is 0 Å². The Balaban J connectivity index is 1.34. The van der Waals surface area contributed by atoms with E-state index in [1.54, 1.807) is 48.6 Å². The van der Waals surface area contributed by atoms with Gasteiger partial charge in [-0.25, -0.2) is 9.59 Å². The van der Waals surface area contributed by atoms with Gasteiger partial charge < -0.3 is 9.47 Å². The topological polar surface area (TPSA) is 69.7 Å². The molecular formula is C31H18O5. The van der Waals surface area contributed by atoms with Crippen LogP contribution < -0.4 is 0 Å².